The average molecular weight is 594 g/mol. The minimum absolute atomic E-state index is 0.00725. The lowest BCUT2D eigenvalue weighted by Crippen LogP contribution is -2.51. The Labute approximate surface area is 255 Å². The van der Waals surface area contributed by atoms with Gasteiger partial charge in [0.15, 0.2) is 5.79 Å². The lowest BCUT2D eigenvalue weighted by Gasteiger charge is -2.35. The Kier molecular flexibility index (Phi) is 12.2. The van der Waals surface area contributed by atoms with Crippen molar-refractivity contribution in [2.24, 2.45) is 0 Å². The summed E-state index contributed by atoms with van der Waals surface area (Å²) in [4.78, 5) is 14.4. The molecule has 0 radical (unpaired) electrons. The standard InChI is InChI=1S/C34H59NO7/c1-7-27-30-29-28(39-29)23-34(40-27,41-30)21-19-17-15-13-11-9-8-10-12-14-16-18-20-22-37-24-26-25-38-33(5,6)35(26)31(36)42-32(2,3)4/h7,26-30H,1,8-25H2,2-6H3/t26-,27+,28+,29+,30-,34-/m0/s1. The molecule has 0 aliphatic carbocycles. The zero-order chi connectivity index (χ0) is 30.2. The fraction of sp³-hybridized carbons (Fsp3) is 0.912. The highest BCUT2D eigenvalue weighted by Gasteiger charge is 2.64. The van der Waals surface area contributed by atoms with Crippen LogP contribution in [-0.4, -0.2) is 78.4 Å². The third-order valence-electron chi connectivity index (χ3n) is 9.04. The van der Waals surface area contributed by atoms with E-state index in [1.54, 1.807) is 4.90 Å². The van der Waals surface area contributed by atoms with Crippen LogP contribution in [0.1, 0.15) is 131 Å². The summed E-state index contributed by atoms with van der Waals surface area (Å²) in [6.45, 7) is 15.1. The normalized spacial score (nSPS) is 31.3. The Balaban J connectivity index is 0.913. The number of ether oxygens (including phenoxy) is 6. The number of carbonyl (C=O) groups is 1. The SMILES string of the molecule is C=C[C@H]1O[C@]2(CCCCCCCCCCCCCCCOC[C@H]3COC(C)(C)N3C(=O)OC(C)(C)C)C[C@H]3O[C@H]3[C@H]1O2. The monoisotopic (exact) mass is 593 g/mol. The van der Waals surface area contributed by atoms with E-state index in [1.807, 2.05) is 40.7 Å². The molecule has 0 N–H and O–H groups in total. The van der Waals surface area contributed by atoms with E-state index in [0.29, 0.717) is 19.3 Å². The number of epoxide rings is 1. The largest absolute Gasteiger partial charge is 0.444 e. The molecule has 4 heterocycles. The molecule has 4 rings (SSSR count). The third-order valence-corrected chi connectivity index (χ3v) is 9.04. The molecule has 4 fully saturated rings. The van der Waals surface area contributed by atoms with Crippen molar-refractivity contribution in [3.8, 4) is 0 Å². The summed E-state index contributed by atoms with van der Waals surface area (Å²) in [6.07, 6.45) is 20.7. The lowest BCUT2D eigenvalue weighted by molar-refractivity contribution is -0.190. The van der Waals surface area contributed by atoms with Gasteiger partial charge >= 0.3 is 6.09 Å². The Morgan fingerprint density at radius 2 is 1.50 bits per heavy atom. The van der Waals surface area contributed by atoms with Crippen molar-refractivity contribution in [3.63, 3.8) is 0 Å². The molecule has 242 valence electrons. The van der Waals surface area contributed by atoms with E-state index in [-0.39, 0.29) is 30.4 Å². The van der Waals surface area contributed by atoms with E-state index in [0.717, 1.165) is 32.3 Å². The summed E-state index contributed by atoms with van der Waals surface area (Å²) in [5.74, 6) is -0.415. The van der Waals surface area contributed by atoms with Crippen molar-refractivity contribution in [1.29, 1.82) is 0 Å². The predicted molar refractivity (Wildman–Crippen MR) is 163 cm³/mol. The maximum Gasteiger partial charge on any atom is 0.412 e. The van der Waals surface area contributed by atoms with Gasteiger partial charge in [0.1, 0.15) is 29.6 Å². The Morgan fingerprint density at radius 1 is 0.905 bits per heavy atom. The average Bonchev–Trinajstić information content (AvgIpc) is 3.53. The molecule has 4 saturated heterocycles. The summed E-state index contributed by atoms with van der Waals surface area (Å²) in [6, 6.07) is -0.109. The number of amides is 1. The predicted octanol–water partition coefficient (Wildman–Crippen LogP) is 7.67. The van der Waals surface area contributed by atoms with Gasteiger partial charge in [-0.1, -0.05) is 76.7 Å². The van der Waals surface area contributed by atoms with Gasteiger partial charge in [-0.25, -0.2) is 4.79 Å². The molecule has 0 aromatic heterocycles. The molecule has 0 saturated carbocycles. The van der Waals surface area contributed by atoms with Gasteiger partial charge in [0.25, 0.3) is 0 Å². The number of unbranched alkanes of at least 4 members (excludes halogenated alkanes) is 12. The number of hydrogen-bond acceptors (Lipinski definition) is 7. The van der Waals surface area contributed by atoms with Crippen LogP contribution >= 0.6 is 0 Å². The molecule has 0 aromatic carbocycles. The van der Waals surface area contributed by atoms with Crippen LogP contribution in [-0.2, 0) is 28.4 Å². The highest BCUT2D eigenvalue weighted by molar-refractivity contribution is 5.69. The van der Waals surface area contributed by atoms with Crippen molar-refractivity contribution >= 4 is 6.09 Å². The number of carbonyl (C=O) groups excluding carboxylic acids is 1. The lowest BCUT2D eigenvalue weighted by atomic mass is 9.97. The molecule has 0 unspecified atom stereocenters. The maximum atomic E-state index is 12.7. The fourth-order valence-electron chi connectivity index (χ4n) is 6.78. The first kappa shape index (κ1) is 33.7. The molecular weight excluding hydrogens is 534 g/mol. The van der Waals surface area contributed by atoms with Crippen LogP contribution in [0.5, 0.6) is 0 Å². The van der Waals surface area contributed by atoms with Gasteiger partial charge in [0.2, 0.25) is 0 Å². The molecule has 0 spiro atoms. The van der Waals surface area contributed by atoms with Gasteiger partial charge in [-0.15, -0.1) is 6.58 Å². The van der Waals surface area contributed by atoms with Crippen molar-refractivity contribution in [1.82, 2.24) is 4.90 Å². The van der Waals surface area contributed by atoms with Crippen LogP contribution in [0, 0.1) is 0 Å². The number of rotatable bonds is 19. The van der Waals surface area contributed by atoms with Crippen LogP contribution in [0.4, 0.5) is 4.79 Å². The van der Waals surface area contributed by atoms with E-state index in [9.17, 15) is 4.79 Å². The number of nitrogens with zero attached hydrogens (tertiary/aromatic N) is 1. The maximum absolute atomic E-state index is 12.7. The topological polar surface area (TPSA) is 79.0 Å². The quantitative estimate of drug-likeness (QED) is 0.0864. The summed E-state index contributed by atoms with van der Waals surface area (Å²) < 4.78 is 35.7. The molecule has 42 heavy (non-hydrogen) atoms. The van der Waals surface area contributed by atoms with Crippen molar-refractivity contribution in [2.45, 2.75) is 179 Å². The van der Waals surface area contributed by atoms with E-state index in [1.165, 1.54) is 70.6 Å². The van der Waals surface area contributed by atoms with Crippen LogP contribution in [0.15, 0.2) is 12.7 Å². The second-order valence-electron chi connectivity index (χ2n) is 14.3. The highest BCUT2D eigenvalue weighted by atomic mass is 16.8. The first-order valence-electron chi connectivity index (χ1n) is 16.9. The van der Waals surface area contributed by atoms with Gasteiger partial charge in [0, 0.05) is 19.4 Å². The molecule has 0 aromatic rings. The molecule has 4 aliphatic rings. The fourth-order valence-corrected chi connectivity index (χ4v) is 6.78. The van der Waals surface area contributed by atoms with Crippen molar-refractivity contribution in [2.75, 3.05) is 19.8 Å². The molecule has 2 bridgehead atoms. The Morgan fingerprint density at radius 3 is 2.10 bits per heavy atom. The Hall–Kier alpha value is -1.19. The smallest absolute Gasteiger partial charge is 0.412 e. The molecular formula is C34H59NO7. The van der Waals surface area contributed by atoms with E-state index < -0.39 is 17.1 Å². The summed E-state index contributed by atoms with van der Waals surface area (Å²) >= 11 is 0. The summed E-state index contributed by atoms with van der Waals surface area (Å²) in [5, 5.41) is 0. The van der Waals surface area contributed by atoms with Crippen molar-refractivity contribution in [3.05, 3.63) is 12.7 Å². The van der Waals surface area contributed by atoms with E-state index in [4.69, 9.17) is 28.4 Å². The second kappa shape index (κ2) is 15.2. The minimum Gasteiger partial charge on any atom is -0.444 e. The van der Waals surface area contributed by atoms with Crippen LogP contribution < -0.4 is 0 Å². The zero-order valence-corrected chi connectivity index (χ0v) is 27.2. The zero-order valence-electron chi connectivity index (χ0n) is 27.2. The van der Waals surface area contributed by atoms with Gasteiger partial charge in [-0.2, -0.15) is 0 Å². The highest BCUT2D eigenvalue weighted by Crippen LogP contribution is 2.51. The molecule has 8 heteroatoms. The third kappa shape index (κ3) is 9.65. The Bertz CT molecular complexity index is 857. The molecule has 6 atom stereocenters. The van der Waals surface area contributed by atoms with Gasteiger partial charge in [-0.05, 0) is 47.5 Å². The van der Waals surface area contributed by atoms with E-state index >= 15 is 0 Å². The first-order valence-corrected chi connectivity index (χ1v) is 16.9. The van der Waals surface area contributed by atoms with Crippen molar-refractivity contribution < 1.29 is 33.2 Å². The van der Waals surface area contributed by atoms with E-state index in [2.05, 4.69) is 6.58 Å². The number of hydrogen-bond donors (Lipinski definition) is 0. The van der Waals surface area contributed by atoms with Gasteiger partial charge in [0.05, 0.1) is 25.4 Å². The van der Waals surface area contributed by atoms with Gasteiger partial charge < -0.3 is 28.4 Å². The summed E-state index contributed by atoms with van der Waals surface area (Å²) in [5.41, 5.74) is -1.21. The minimum atomic E-state index is -0.678. The van der Waals surface area contributed by atoms with Gasteiger partial charge in [-0.3, -0.25) is 4.90 Å². The van der Waals surface area contributed by atoms with Crippen LogP contribution in [0.2, 0.25) is 0 Å². The molecule has 1 amide bonds. The van der Waals surface area contributed by atoms with Crippen LogP contribution in [0.25, 0.3) is 0 Å². The molecule has 4 aliphatic heterocycles. The van der Waals surface area contributed by atoms with Crippen LogP contribution in [0.3, 0.4) is 0 Å². The second-order valence-corrected chi connectivity index (χ2v) is 14.3. The first-order chi connectivity index (χ1) is 20.0. The molecule has 8 nitrogen and oxygen atoms in total. The summed E-state index contributed by atoms with van der Waals surface area (Å²) in [7, 11) is 0. The number of fused-ring (bicyclic) bond motifs is 4.